The van der Waals surface area contributed by atoms with Crippen molar-refractivity contribution in [2.24, 2.45) is 0 Å². The fraction of sp³-hybridized carbons (Fsp3) is 0.150. The fourth-order valence-corrected chi connectivity index (χ4v) is 5.48. The summed E-state index contributed by atoms with van der Waals surface area (Å²) in [6.07, 6.45) is -6.30. The van der Waals surface area contributed by atoms with Crippen molar-refractivity contribution in [1.29, 1.82) is 0 Å². The van der Waals surface area contributed by atoms with Gasteiger partial charge >= 0.3 is 23.9 Å². The van der Waals surface area contributed by atoms with Crippen molar-refractivity contribution in [1.82, 2.24) is 0 Å². The Morgan fingerprint density at radius 3 is 1.20 bits per heavy atom. The van der Waals surface area contributed by atoms with E-state index >= 15 is 0 Å². The molecule has 6 rings (SSSR count). The van der Waals surface area contributed by atoms with Gasteiger partial charge in [-0.2, -0.15) is 0 Å². The number of rotatable bonds is 10. The molecule has 0 amide bonds. The lowest BCUT2D eigenvalue weighted by atomic mass is 9.90. The van der Waals surface area contributed by atoms with Crippen LogP contribution in [0.15, 0.2) is 152 Å². The first kappa shape index (κ1) is 32.9. The first-order valence-corrected chi connectivity index (χ1v) is 15.7. The van der Waals surface area contributed by atoms with E-state index in [0.29, 0.717) is 11.1 Å². The van der Waals surface area contributed by atoms with E-state index in [1.807, 2.05) is 6.07 Å². The normalized spacial score (nSPS) is 20.0. The summed E-state index contributed by atoms with van der Waals surface area (Å²) in [6.45, 7) is -0.386. The summed E-state index contributed by atoms with van der Waals surface area (Å²) in [5, 5.41) is 0. The van der Waals surface area contributed by atoms with Crippen molar-refractivity contribution in [2.75, 3.05) is 6.61 Å². The van der Waals surface area contributed by atoms with Crippen LogP contribution in [0, 0.1) is 0 Å². The van der Waals surface area contributed by atoms with Crippen molar-refractivity contribution in [2.45, 2.75) is 30.5 Å². The van der Waals surface area contributed by atoms with Gasteiger partial charge in [0.15, 0.2) is 18.3 Å². The smallest absolute Gasteiger partial charge is 0.338 e. The van der Waals surface area contributed by atoms with Crippen molar-refractivity contribution < 1.29 is 42.9 Å². The first-order valence-electron chi connectivity index (χ1n) is 15.7. The quantitative estimate of drug-likeness (QED) is 0.120. The van der Waals surface area contributed by atoms with Crippen LogP contribution in [0.4, 0.5) is 0 Å². The Labute approximate surface area is 283 Å². The Bertz CT molecular complexity index is 1850. The molecule has 0 aromatic heterocycles. The highest BCUT2D eigenvalue weighted by molar-refractivity contribution is 5.91. The molecular weight excluding hydrogens is 624 g/mol. The third kappa shape index (κ3) is 8.09. The number of esters is 4. The van der Waals surface area contributed by atoms with E-state index in [1.54, 1.807) is 146 Å². The van der Waals surface area contributed by atoms with Gasteiger partial charge in [0.05, 0.1) is 22.3 Å². The maximum atomic E-state index is 13.7. The van der Waals surface area contributed by atoms with Gasteiger partial charge in [-0.3, -0.25) is 0 Å². The third-order valence-corrected chi connectivity index (χ3v) is 7.91. The number of ether oxygens (including phenoxy) is 5. The van der Waals surface area contributed by atoms with Gasteiger partial charge in [-0.15, -0.1) is 0 Å². The zero-order chi connectivity index (χ0) is 34.0. The highest BCUT2D eigenvalue weighted by Crippen LogP contribution is 2.38. The molecule has 0 spiro atoms. The molecule has 5 atom stereocenters. The van der Waals surface area contributed by atoms with Gasteiger partial charge in [0.25, 0.3) is 0 Å². The molecule has 9 nitrogen and oxygen atoms in total. The van der Waals surface area contributed by atoms with Crippen LogP contribution in [0.2, 0.25) is 0 Å². The standard InChI is InChI=1S/C40H32O9/c41-37(28-18-8-2-9-19-28)45-26-32-34(47-38(42)29-20-10-3-11-21-29)36(49-40(44)31-24-14-5-15-25-31)35(33(46-32)27-16-6-1-7-17-27)48-39(43)30-22-12-4-13-23-30/h1-25,32-36H,26H2/t32-,33+,34-,35+,36+/m1/s1. The van der Waals surface area contributed by atoms with E-state index in [9.17, 15) is 19.2 Å². The zero-order valence-electron chi connectivity index (χ0n) is 26.2. The van der Waals surface area contributed by atoms with Crippen LogP contribution in [0.1, 0.15) is 53.1 Å². The summed E-state index contributed by atoms with van der Waals surface area (Å²) in [6, 6.07) is 42.1. The van der Waals surface area contributed by atoms with E-state index in [-0.39, 0.29) is 23.3 Å². The van der Waals surface area contributed by atoms with Gasteiger partial charge < -0.3 is 23.7 Å². The maximum Gasteiger partial charge on any atom is 0.338 e. The van der Waals surface area contributed by atoms with Crippen molar-refractivity contribution in [3.8, 4) is 0 Å². The number of carbonyl (C=O) groups is 4. The zero-order valence-corrected chi connectivity index (χ0v) is 26.2. The predicted molar refractivity (Wildman–Crippen MR) is 178 cm³/mol. The second-order valence-electron chi connectivity index (χ2n) is 11.2. The lowest BCUT2D eigenvalue weighted by Crippen LogP contribution is -2.59. The second kappa shape index (κ2) is 15.7. The van der Waals surface area contributed by atoms with Gasteiger partial charge in [-0.25, -0.2) is 19.2 Å². The fourth-order valence-electron chi connectivity index (χ4n) is 5.48. The maximum absolute atomic E-state index is 13.7. The number of hydrogen-bond donors (Lipinski definition) is 0. The molecule has 246 valence electrons. The molecule has 1 fully saturated rings. The van der Waals surface area contributed by atoms with Crippen LogP contribution in [0.25, 0.3) is 0 Å². The van der Waals surface area contributed by atoms with Crippen LogP contribution in [0.5, 0.6) is 0 Å². The Morgan fingerprint density at radius 1 is 0.429 bits per heavy atom. The first-order chi connectivity index (χ1) is 24.0. The summed E-state index contributed by atoms with van der Waals surface area (Å²) >= 11 is 0. The Morgan fingerprint density at radius 2 is 0.776 bits per heavy atom. The molecule has 1 aliphatic heterocycles. The summed E-state index contributed by atoms with van der Waals surface area (Å²) < 4.78 is 30.5. The summed E-state index contributed by atoms with van der Waals surface area (Å²) in [7, 11) is 0. The SMILES string of the molecule is O=C(OC[C@H]1O[C@@H](c2ccccc2)[C@H](OC(=O)c2ccccc2)[C@@H](OC(=O)c2ccccc2)[C@@H]1OC(=O)c1ccccc1)c1ccccc1. The van der Waals surface area contributed by atoms with Gasteiger partial charge in [0.1, 0.15) is 18.8 Å². The average Bonchev–Trinajstić information content (AvgIpc) is 3.17. The van der Waals surface area contributed by atoms with Gasteiger partial charge in [0, 0.05) is 0 Å². The summed E-state index contributed by atoms with van der Waals surface area (Å²) in [5.74, 6) is -2.84. The van der Waals surface area contributed by atoms with E-state index < -0.39 is 54.4 Å². The summed E-state index contributed by atoms with van der Waals surface area (Å²) in [5.41, 5.74) is 1.58. The molecule has 0 aliphatic carbocycles. The van der Waals surface area contributed by atoms with E-state index in [4.69, 9.17) is 23.7 Å². The van der Waals surface area contributed by atoms with Gasteiger partial charge in [-0.1, -0.05) is 103 Å². The predicted octanol–water partition coefficient (Wildman–Crippen LogP) is 6.66. The van der Waals surface area contributed by atoms with Gasteiger partial charge in [0.2, 0.25) is 0 Å². The summed E-state index contributed by atoms with van der Waals surface area (Å²) in [4.78, 5) is 53.9. The topological polar surface area (TPSA) is 114 Å². The van der Waals surface area contributed by atoms with E-state index in [2.05, 4.69) is 0 Å². The van der Waals surface area contributed by atoms with Crippen molar-refractivity contribution >= 4 is 23.9 Å². The average molecular weight is 657 g/mol. The molecule has 5 aromatic carbocycles. The van der Waals surface area contributed by atoms with Crippen LogP contribution in [-0.4, -0.2) is 54.9 Å². The molecule has 0 N–H and O–H groups in total. The minimum Gasteiger partial charge on any atom is -0.459 e. The molecule has 0 radical (unpaired) electrons. The second-order valence-corrected chi connectivity index (χ2v) is 11.2. The molecule has 1 aliphatic rings. The molecule has 0 saturated carbocycles. The Balaban J connectivity index is 1.42. The monoisotopic (exact) mass is 656 g/mol. The number of benzene rings is 5. The van der Waals surface area contributed by atoms with E-state index in [1.165, 1.54) is 0 Å². The highest BCUT2D eigenvalue weighted by atomic mass is 16.7. The molecule has 0 bridgehead atoms. The molecule has 9 heteroatoms. The van der Waals surface area contributed by atoms with Crippen LogP contribution in [0.3, 0.4) is 0 Å². The minimum atomic E-state index is -1.41. The van der Waals surface area contributed by atoms with Crippen LogP contribution in [-0.2, 0) is 23.7 Å². The van der Waals surface area contributed by atoms with Crippen molar-refractivity contribution in [3.63, 3.8) is 0 Å². The minimum absolute atomic E-state index is 0.221. The molecule has 0 unspecified atom stereocenters. The van der Waals surface area contributed by atoms with Crippen LogP contribution >= 0.6 is 0 Å². The van der Waals surface area contributed by atoms with Crippen molar-refractivity contribution in [3.05, 3.63) is 179 Å². The molecule has 1 saturated heterocycles. The number of carbonyl (C=O) groups excluding carboxylic acids is 4. The van der Waals surface area contributed by atoms with Gasteiger partial charge in [-0.05, 0) is 54.1 Å². The lowest BCUT2D eigenvalue weighted by molar-refractivity contribution is -0.231. The number of hydrogen-bond acceptors (Lipinski definition) is 9. The Kier molecular flexibility index (Phi) is 10.5. The highest BCUT2D eigenvalue weighted by Gasteiger charge is 2.53. The Hall–Kier alpha value is -6.06. The third-order valence-electron chi connectivity index (χ3n) is 7.91. The van der Waals surface area contributed by atoms with E-state index in [0.717, 1.165) is 0 Å². The molecule has 1 heterocycles. The largest absolute Gasteiger partial charge is 0.459 e. The molecule has 49 heavy (non-hydrogen) atoms. The molecular formula is C40H32O9. The lowest BCUT2D eigenvalue weighted by Gasteiger charge is -2.45. The molecule has 5 aromatic rings. The van der Waals surface area contributed by atoms with Crippen LogP contribution < -0.4 is 0 Å².